The molecule has 19 heteroatoms. The van der Waals surface area contributed by atoms with Gasteiger partial charge < -0.3 is 20.5 Å². The van der Waals surface area contributed by atoms with Crippen molar-refractivity contribution in [2.75, 3.05) is 30.8 Å². The maximum Gasteiger partial charge on any atom is 0.419 e. The minimum absolute atomic E-state index is 0.0552. The summed E-state index contributed by atoms with van der Waals surface area (Å²) in [4.78, 5) is 37.6. The molecular weight excluding hydrogens is 723 g/mol. The number of thiophene rings is 1. The van der Waals surface area contributed by atoms with E-state index in [0.717, 1.165) is 28.6 Å². The summed E-state index contributed by atoms with van der Waals surface area (Å²) in [5.41, 5.74) is -4.04. The van der Waals surface area contributed by atoms with E-state index in [2.05, 4.69) is 10.6 Å². The van der Waals surface area contributed by atoms with E-state index in [1.807, 2.05) is 0 Å². The number of halogens is 7. The standard InChI is InChI=1S/C31H24F7N3O7S2/c1-48-23-7-4-18(50(46,47)41-10-8-15(9-11-41)29(44)45)14-20(23)27(42)40-25-19-5-2-16(30(33,34)35)12-24(19)49-26(25)28(43)39-17-3-6-22(32)21(13-17)31(36,37)38/h2-7,12-15H,8-11H2,1H3,(H,39,43)(H,40,42)(H,44,45). The third-order valence-electron chi connectivity index (χ3n) is 7.85. The van der Waals surface area contributed by atoms with E-state index in [4.69, 9.17) is 4.74 Å². The van der Waals surface area contributed by atoms with Gasteiger partial charge in [-0.2, -0.15) is 30.6 Å². The number of anilines is 2. The zero-order valence-electron chi connectivity index (χ0n) is 25.4. The average molecular weight is 748 g/mol. The maximum atomic E-state index is 13.8. The van der Waals surface area contributed by atoms with Gasteiger partial charge in [0.2, 0.25) is 10.0 Å². The number of carboxylic acids is 1. The molecule has 0 atom stereocenters. The number of hydrogen-bond acceptors (Lipinski definition) is 7. The number of hydrogen-bond donors (Lipinski definition) is 3. The molecule has 266 valence electrons. The Morgan fingerprint density at radius 2 is 1.58 bits per heavy atom. The van der Waals surface area contributed by atoms with E-state index in [0.29, 0.717) is 35.6 Å². The summed E-state index contributed by atoms with van der Waals surface area (Å²) < 4.78 is 127. The Bertz CT molecular complexity index is 2110. The number of alkyl halides is 6. The number of sulfonamides is 1. The van der Waals surface area contributed by atoms with Crippen LogP contribution in [0.15, 0.2) is 59.5 Å². The van der Waals surface area contributed by atoms with Crippen LogP contribution in [0.4, 0.5) is 42.1 Å². The topological polar surface area (TPSA) is 142 Å². The van der Waals surface area contributed by atoms with Crippen molar-refractivity contribution in [2.45, 2.75) is 30.1 Å². The Kier molecular flexibility index (Phi) is 9.88. The molecule has 3 aromatic carbocycles. The molecule has 4 aromatic rings. The number of aliphatic carboxylic acids is 1. The Morgan fingerprint density at radius 3 is 2.18 bits per heavy atom. The van der Waals surface area contributed by atoms with E-state index in [1.54, 1.807) is 0 Å². The molecule has 0 saturated carbocycles. The molecule has 1 saturated heterocycles. The number of carbonyl (C=O) groups excluding carboxylic acids is 2. The van der Waals surface area contributed by atoms with Gasteiger partial charge in [-0.1, -0.05) is 6.07 Å². The minimum atomic E-state index is -5.12. The molecule has 1 aliphatic heterocycles. The fourth-order valence-corrected chi connectivity index (χ4v) is 7.85. The number of fused-ring (bicyclic) bond motifs is 1. The minimum Gasteiger partial charge on any atom is -0.496 e. The lowest BCUT2D eigenvalue weighted by Gasteiger charge is -2.29. The summed E-state index contributed by atoms with van der Waals surface area (Å²) in [6.07, 6.45) is -9.81. The molecule has 0 bridgehead atoms. The Hall–Kier alpha value is -4.75. The van der Waals surface area contributed by atoms with Gasteiger partial charge in [-0.3, -0.25) is 14.4 Å². The maximum absolute atomic E-state index is 13.8. The van der Waals surface area contributed by atoms with E-state index >= 15 is 0 Å². The third kappa shape index (κ3) is 7.38. The van der Waals surface area contributed by atoms with Gasteiger partial charge in [0, 0.05) is 28.9 Å². The molecule has 1 aromatic heterocycles. The van der Waals surface area contributed by atoms with Crippen LogP contribution in [0.3, 0.4) is 0 Å². The molecule has 2 heterocycles. The summed E-state index contributed by atoms with van der Waals surface area (Å²) in [5.74, 6) is -5.78. The van der Waals surface area contributed by atoms with Crippen molar-refractivity contribution in [3.05, 3.63) is 82.0 Å². The first kappa shape index (κ1) is 36.5. The highest BCUT2D eigenvalue weighted by Gasteiger charge is 2.36. The van der Waals surface area contributed by atoms with Crippen molar-refractivity contribution in [1.82, 2.24) is 4.31 Å². The SMILES string of the molecule is COc1ccc(S(=O)(=O)N2CCC(C(=O)O)CC2)cc1C(=O)Nc1c(C(=O)Nc2ccc(F)c(C(F)(F)F)c2)sc2cc(C(F)(F)F)ccc12. The molecular formula is C31H24F7N3O7S2. The highest BCUT2D eigenvalue weighted by Crippen LogP contribution is 2.41. The van der Waals surface area contributed by atoms with Crippen molar-refractivity contribution in [3.8, 4) is 5.75 Å². The van der Waals surface area contributed by atoms with Gasteiger partial charge in [0.15, 0.2) is 0 Å². The van der Waals surface area contributed by atoms with E-state index in [1.165, 1.54) is 13.2 Å². The highest BCUT2D eigenvalue weighted by atomic mass is 32.2. The second-order valence-corrected chi connectivity index (χ2v) is 14.0. The summed E-state index contributed by atoms with van der Waals surface area (Å²) in [7, 11) is -3.08. The molecule has 0 radical (unpaired) electrons. The van der Waals surface area contributed by atoms with Crippen molar-refractivity contribution < 1.29 is 63.4 Å². The molecule has 50 heavy (non-hydrogen) atoms. The molecule has 1 fully saturated rings. The quantitative estimate of drug-likeness (QED) is 0.164. The molecule has 0 unspecified atom stereocenters. The van der Waals surface area contributed by atoms with Gasteiger partial charge in [-0.25, -0.2) is 12.8 Å². The van der Waals surface area contributed by atoms with Crippen LogP contribution in [-0.4, -0.2) is 55.8 Å². The van der Waals surface area contributed by atoms with Gasteiger partial charge in [0.05, 0.1) is 40.3 Å². The van der Waals surface area contributed by atoms with Crippen LogP contribution >= 0.6 is 11.3 Å². The molecule has 3 N–H and O–H groups in total. The summed E-state index contributed by atoms with van der Waals surface area (Å²) in [5, 5.41) is 13.7. The third-order valence-corrected chi connectivity index (χ3v) is 10.9. The van der Waals surface area contributed by atoms with Crippen LogP contribution in [0.2, 0.25) is 0 Å². The first-order valence-corrected chi connectivity index (χ1v) is 16.6. The van der Waals surface area contributed by atoms with Gasteiger partial charge in [-0.15, -0.1) is 11.3 Å². The van der Waals surface area contributed by atoms with Gasteiger partial charge in [0.25, 0.3) is 11.8 Å². The smallest absolute Gasteiger partial charge is 0.419 e. The fraction of sp³-hybridized carbons (Fsp3) is 0.258. The van der Waals surface area contributed by atoms with Crippen molar-refractivity contribution in [2.24, 2.45) is 5.92 Å². The molecule has 10 nitrogen and oxygen atoms in total. The van der Waals surface area contributed by atoms with Gasteiger partial charge in [-0.05, 0) is 61.4 Å². The van der Waals surface area contributed by atoms with E-state index in [-0.39, 0.29) is 57.9 Å². The summed E-state index contributed by atoms with van der Waals surface area (Å²) in [6, 6.07) is 7.27. The number of nitrogens with one attached hydrogen (secondary N) is 2. The molecule has 2 amide bonds. The number of methoxy groups -OCH3 is 1. The monoisotopic (exact) mass is 747 g/mol. The number of rotatable bonds is 8. The highest BCUT2D eigenvalue weighted by molar-refractivity contribution is 7.89. The molecule has 0 aliphatic carbocycles. The summed E-state index contributed by atoms with van der Waals surface area (Å²) in [6.45, 7) is -0.213. The zero-order valence-corrected chi connectivity index (χ0v) is 27.0. The Labute approximate surface area is 282 Å². The lowest BCUT2D eigenvalue weighted by atomic mass is 9.99. The van der Waals surface area contributed by atoms with Crippen LogP contribution in [0.5, 0.6) is 5.75 Å². The number of carboxylic acid groups (broad SMARTS) is 1. The number of piperidine rings is 1. The van der Waals surface area contributed by atoms with Crippen molar-refractivity contribution in [3.63, 3.8) is 0 Å². The second-order valence-electron chi connectivity index (χ2n) is 11.0. The normalized spacial score (nSPS) is 14.8. The zero-order chi connectivity index (χ0) is 36.8. The Morgan fingerprint density at radius 1 is 0.900 bits per heavy atom. The first-order chi connectivity index (χ1) is 23.3. The van der Waals surface area contributed by atoms with Crippen LogP contribution in [0.25, 0.3) is 10.1 Å². The molecule has 1 aliphatic rings. The molecule has 0 spiro atoms. The first-order valence-electron chi connectivity index (χ1n) is 14.4. The van der Waals surface area contributed by atoms with Gasteiger partial charge >= 0.3 is 18.3 Å². The Balaban J connectivity index is 1.53. The fourth-order valence-electron chi connectivity index (χ4n) is 5.26. The lowest BCUT2D eigenvalue weighted by Crippen LogP contribution is -2.40. The largest absolute Gasteiger partial charge is 0.496 e. The number of amides is 2. The average Bonchev–Trinajstić information content (AvgIpc) is 3.42. The summed E-state index contributed by atoms with van der Waals surface area (Å²) >= 11 is 0.471. The van der Waals surface area contributed by atoms with Crippen LogP contribution in [-0.2, 0) is 27.2 Å². The number of benzene rings is 3. The molecule has 5 rings (SSSR count). The number of nitrogens with zero attached hydrogens (tertiary/aromatic N) is 1. The van der Waals surface area contributed by atoms with E-state index in [9.17, 15) is 58.6 Å². The second kappa shape index (κ2) is 13.5. The van der Waals surface area contributed by atoms with Crippen LogP contribution < -0.4 is 15.4 Å². The lowest BCUT2D eigenvalue weighted by molar-refractivity contribution is -0.143. The van der Waals surface area contributed by atoms with Crippen LogP contribution in [0.1, 0.15) is 44.0 Å². The number of ether oxygens (including phenoxy) is 1. The predicted octanol–water partition coefficient (Wildman–Crippen LogP) is 7.08. The van der Waals surface area contributed by atoms with Crippen molar-refractivity contribution >= 4 is 60.6 Å². The van der Waals surface area contributed by atoms with Crippen molar-refractivity contribution in [1.29, 1.82) is 0 Å². The predicted molar refractivity (Wildman–Crippen MR) is 166 cm³/mol. The van der Waals surface area contributed by atoms with Gasteiger partial charge in [0.1, 0.15) is 16.4 Å². The van der Waals surface area contributed by atoms with Crippen LogP contribution in [0, 0.1) is 11.7 Å². The number of carbonyl (C=O) groups is 3. The van der Waals surface area contributed by atoms with E-state index < -0.39 is 73.6 Å².